The van der Waals surface area contributed by atoms with E-state index >= 15 is 0 Å². The molecule has 1 aliphatic carbocycles. The summed E-state index contributed by atoms with van der Waals surface area (Å²) in [5.41, 5.74) is 0. The Balaban J connectivity index is 1.83. The van der Waals surface area contributed by atoms with Crippen molar-refractivity contribution in [2.24, 2.45) is 5.92 Å². The second kappa shape index (κ2) is 16.7. The highest BCUT2D eigenvalue weighted by atomic mass is 32.2. The van der Waals surface area contributed by atoms with Crippen molar-refractivity contribution in [2.75, 3.05) is 24.4 Å². The first-order valence-electron chi connectivity index (χ1n) is 16.6. The van der Waals surface area contributed by atoms with Crippen LogP contribution in [0.4, 0.5) is 0 Å². The van der Waals surface area contributed by atoms with Gasteiger partial charge in [0.05, 0.1) is 30.3 Å². The standard InChI is InChI=1S/C36H58O5S3Si2/c1-35(2,3)45(8,9)40-27(17-19-28-23-26-15-12-13-16-32(26)44-28)18-20-29-31(41-46(10,11)36(4,5)6)24-30(37)34(29)43-22-14-21-42-25-33(38)39-7/h12-13,15-16,18,20,23,27,29,31,34H,14,17,19,21-22,24-25H2,1-11H3/t27?,29-,31+,34+/m0/s1. The van der Waals surface area contributed by atoms with Crippen molar-refractivity contribution in [2.45, 2.75) is 121 Å². The molecule has 46 heavy (non-hydrogen) atoms. The normalized spacial score (nSPS) is 20.6. The number of ketones is 1. The molecule has 1 aromatic heterocycles. The molecule has 10 heteroatoms. The maximum atomic E-state index is 13.6. The zero-order valence-corrected chi connectivity index (χ0v) is 34.5. The molecular weight excluding hydrogens is 665 g/mol. The van der Waals surface area contributed by atoms with Crippen LogP contribution in [0.2, 0.25) is 36.3 Å². The summed E-state index contributed by atoms with van der Waals surface area (Å²) in [6.45, 7) is 22.9. The predicted octanol–water partition coefficient (Wildman–Crippen LogP) is 10.2. The van der Waals surface area contributed by atoms with Gasteiger partial charge in [0.1, 0.15) is 5.78 Å². The minimum atomic E-state index is -2.09. The van der Waals surface area contributed by atoms with Gasteiger partial charge in [-0.3, -0.25) is 9.59 Å². The summed E-state index contributed by atoms with van der Waals surface area (Å²) in [6.07, 6.45) is 7.67. The van der Waals surface area contributed by atoms with Crippen LogP contribution in [0.5, 0.6) is 0 Å². The summed E-state index contributed by atoms with van der Waals surface area (Å²) in [5, 5.41) is 1.33. The number of hydrogen-bond acceptors (Lipinski definition) is 8. The van der Waals surface area contributed by atoms with E-state index < -0.39 is 16.6 Å². The number of carbonyl (C=O) groups is 2. The zero-order valence-electron chi connectivity index (χ0n) is 30.1. The van der Waals surface area contributed by atoms with Gasteiger partial charge in [-0.15, -0.1) is 23.1 Å². The predicted molar refractivity (Wildman–Crippen MR) is 207 cm³/mol. The van der Waals surface area contributed by atoms with Gasteiger partial charge in [0.25, 0.3) is 0 Å². The van der Waals surface area contributed by atoms with E-state index in [1.165, 1.54) is 22.1 Å². The number of methoxy groups -OCH3 is 1. The third-order valence-electron chi connectivity index (χ3n) is 9.88. The van der Waals surface area contributed by atoms with E-state index in [4.69, 9.17) is 13.6 Å². The van der Waals surface area contributed by atoms with Crippen LogP contribution in [0.3, 0.4) is 0 Å². The number of aryl methyl sites for hydroxylation is 1. The average molecular weight is 723 g/mol. The highest BCUT2D eigenvalue weighted by molar-refractivity contribution is 8.01. The van der Waals surface area contributed by atoms with Crippen molar-refractivity contribution >= 4 is 73.3 Å². The summed E-state index contributed by atoms with van der Waals surface area (Å²) >= 11 is 5.22. The van der Waals surface area contributed by atoms with E-state index in [0.29, 0.717) is 12.2 Å². The van der Waals surface area contributed by atoms with Crippen LogP contribution >= 0.6 is 34.9 Å². The Morgan fingerprint density at radius 1 is 1.04 bits per heavy atom. The lowest BCUT2D eigenvalue weighted by atomic mass is 10.0. The number of thioether (sulfide) groups is 2. The molecule has 0 N–H and O–H groups in total. The van der Waals surface area contributed by atoms with E-state index in [1.807, 2.05) is 11.3 Å². The lowest BCUT2D eigenvalue weighted by Crippen LogP contribution is -2.45. The topological polar surface area (TPSA) is 61.8 Å². The Hall–Kier alpha value is -0.886. The molecule has 3 rings (SSSR count). The fraction of sp³-hybridized carbons (Fsp3) is 0.667. The quantitative estimate of drug-likeness (QED) is 0.0740. The van der Waals surface area contributed by atoms with Crippen molar-refractivity contribution in [1.29, 1.82) is 0 Å². The van der Waals surface area contributed by atoms with Crippen molar-refractivity contribution in [1.82, 2.24) is 0 Å². The first-order chi connectivity index (χ1) is 21.3. The Kier molecular flexibility index (Phi) is 14.3. The monoisotopic (exact) mass is 722 g/mol. The number of thiophene rings is 1. The van der Waals surface area contributed by atoms with E-state index in [0.717, 1.165) is 30.8 Å². The number of rotatable bonds is 16. The molecule has 1 aliphatic rings. The van der Waals surface area contributed by atoms with Gasteiger partial charge >= 0.3 is 5.97 Å². The third-order valence-corrected chi connectivity index (χ3v) is 22.5. The molecule has 1 unspecified atom stereocenters. The highest BCUT2D eigenvalue weighted by Gasteiger charge is 2.47. The average Bonchev–Trinajstić information content (AvgIpc) is 3.49. The largest absolute Gasteiger partial charge is 0.468 e. The fourth-order valence-corrected chi connectivity index (χ4v) is 11.0. The number of carbonyl (C=O) groups excluding carboxylic acids is 2. The van der Waals surface area contributed by atoms with Crippen molar-refractivity contribution in [3.63, 3.8) is 0 Å². The van der Waals surface area contributed by atoms with E-state index in [9.17, 15) is 9.59 Å². The summed E-state index contributed by atoms with van der Waals surface area (Å²) in [4.78, 5) is 26.4. The smallest absolute Gasteiger partial charge is 0.315 e. The van der Waals surface area contributed by atoms with Crippen molar-refractivity contribution in [3.05, 3.63) is 47.4 Å². The van der Waals surface area contributed by atoms with Gasteiger partial charge in [-0.05, 0) is 84.6 Å². The summed E-state index contributed by atoms with van der Waals surface area (Å²) in [5.74, 6) is 2.21. The Morgan fingerprint density at radius 3 is 2.35 bits per heavy atom. The lowest BCUT2D eigenvalue weighted by molar-refractivity contribution is -0.137. The molecule has 0 aliphatic heterocycles. The van der Waals surface area contributed by atoms with Crippen LogP contribution in [0.1, 0.15) is 65.7 Å². The number of hydrogen-bond donors (Lipinski definition) is 0. The maximum absolute atomic E-state index is 13.6. The molecular formula is C36H58O5S3Si2. The molecule has 4 atom stereocenters. The number of fused-ring (bicyclic) bond motifs is 1. The van der Waals surface area contributed by atoms with Crippen LogP contribution in [0.15, 0.2) is 42.5 Å². The zero-order chi connectivity index (χ0) is 34.3. The van der Waals surface area contributed by atoms with Crippen LogP contribution in [0.25, 0.3) is 10.1 Å². The molecule has 1 saturated carbocycles. The van der Waals surface area contributed by atoms with Crippen LogP contribution in [0, 0.1) is 5.92 Å². The molecule has 1 fully saturated rings. The van der Waals surface area contributed by atoms with Gasteiger partial charge in [0, 0.05) is 21.9 Å². The van der Waals surface area contributed by atoms with Gasteiger partial charge in [-0.1, -0.05) is 71.9 Å². The molecule has 0 bridgehead atoms. The minimum absolute atomic E-state index is 0.00388. The first-order valence-corrected chi connectivity index (χ1v) is 25.5. The summed E-state index contributed by atoms with van der Waals surface area (Å²) in [7, 11) is -2.72. The molecule has 0 radical (unpaired) electrons. The number of ether oxygens (including phenoxy) is 1. The molecule has 0 amide bonds. The lowest BCUT2D eigenvalue weighted by Gasteiger charge is -2.40. The molecule has 0 spiro atoms. The van der Waals surface area contributed by atoms with Gasteiger partial charge in [0.2, 0.25) is 0 Å². The first kappa shape index (κ1) is 39.6. The second-order valence-corrected chi connectivity index (χ2v) is 28.6. The van der Waals surface area contributed by atoms with Crippen LogP contribution < -0.4 is 0 Å². The van der Waals surface area contributed by atoms with E-state index in [1.54, 1.807) is 23.5 Å². The van der Waals surface area contributed by atoms with Gasteiger partial charge in [0.15, 0.2) is 16.6 Å². The van der Waals surface area contributed by atoms with Crippen LogP contribution in [-0.4, -0.2) is 70.2 Å². The Bertz CT molecular complexity index is 1290. The molecule has 0 saturated heterocycles. The van der Waals surface area contributed by atoms with Gasteiger partial charge in [-0.2, -0.15) is 11.8 Å². The molecule has 1 aromatic carbocycles. The van der Waals surface area contributed by atoms with Gasteiger partial charge < -0.3 is 13.6 Å². The SMILES string of the molecule is COC(=O)CSCCCS[C@H]1C(=O)C[C@@H](O[Si](C)(C)C(C)(C)C)[C@@H]1C=CC(CCc1cc2ccccc2s1)O[Si](C)(C)C(C)(C)C. The molecule has 258 valence electrons. The summed E-state index contributed by atoms with van der Waals surface area (Å²) in [6, 6.07) is 10.9. The highest BCUT2D eigenvalue weighted by Crippen LogP contribution is 2.44. The van der Waals surface area contributed by atoms with Crippen molar-refractivity contribution < 1.29 is 23.2 Å². The van der Waals surface area contributed by atoms with E-state index in [-0.39, 0.29) is 45.2 Å². The molecule has 5 nitrogen and oxygen atoms in total. The molecule has 1 heterocycles. The second-order valence-electron chi connectivity index (χ2n) is 15.5. The Morgan fingerprint density at radius 2 is 1.72 bits per heavy atom. The number of Topliss-reactive ketones (excluding diaryl/α,β-unsaturated/α-hetero) is 1. The fourth-order valence-electron chi connectivity index (χ4n) is 5.00. The summed E-state index contributed by atoms with van der Waals surface area (Å²) < 4.78 is 20.1. The number of benzene rings is 1. The Labute approximate surface area is 293 Å². The van der Waals surface area contributed by atoms with Crippen molar-refractivity contribution in [3.8, 4) is 0 Å². The van der Waals surface area contributed by atoms with Gasteiger partial charge in [-0.25, -0.2) is 0 Å². The number of esters is 1. The maximum Gasteiger partial charge on any atom is 0.315 e. The third kappa shape index (κ3) is 11.1. The minimum Gasteiger partial charge on any atom is -0.468 e. The molecule has 2 aromatic rings. The van der Waals surface area contributed by atoms with Crippen LogP contribution in [-0.2, 0) is 29.6 Å². The van der Waals surface area contributed by atoms with E-state index in [2.05, 4.69) is 110 Å².